The molecule has 1 aliphatic rings. The van der Waals surface area contributed by atoms with Crippen LogP contribution in [0.5, 0.6) is 17.2 Å². The summed E-state index contributed by atoms with van der Waals surface area (Å²) in [4.78, 5) is 12.2. The normalized spacial score (nSPS) is 16.3. The number of nitrogens with one attached hydrogen (secondary N) is 1. The van der Waals surface area contributed by atoms with E-state index in [9.17, 15) is 4.79 Å². The Balaban J connectivity index is 1.26. The van der Waals surface area contributed by atoms with E-state index < -0.39 is 5.97 Å². The Labute approximate surface area is 260 Å². The standard InChI is InChI=1S/C35H45NO8/c1-38-18-6-21-43-33-22-26(10-15-31(33)35(37)40-3)24-44-34-23-36-17-16-30(34)27-11-13-29(14-12-27)42-20-7-19-41-25-28-8-4-5-9-32(28)39-2/h4-5,8-15,22,30,34,36H,6-7,16-21,23-25H2,1-3H3. The molecule has 1 N–H and O–H groups in total. The first-order chi connectivity index (χ1) is 21.6. The molecule has 9 heteroatoms. The van der Waals surface area contributed by atoms with Crippen LogP contribution in [0.2, 0.25) is 0 Å². The average Bonchev–Trinajstić information content (AvgIpc) is 3.07. The van der Waals surface area contributed by atoms with Crippen molar-refractivity contribution in [2.24, 2.45) is 0 Å². The van der Waals surface area contributed by atoms with Gasteiger partial charge in [0.25, 0.3) is 0 Å². The van der Waals surface area contributed by atoms with E-state index in [-0.39, 0.29) is 12.0 Å². The minimum atomic E-state index is -0.430. The second-order valence-corrected chi connectivity index (χ2v) is 10.6. The molecule has 0 aromatic heterocycles. The number of rotatable bonds is 18. The predicted octanol–water partition coefficient (Wildman–Crippen LogP) is 5.55. The van der Waals surface area contributed by atoms with Crippen molar-refractivity contribution in [1.82, 2.24) is 5.32 Å². The van der Waals surface area contributed by atoms with E-state index in [2.05, 4.69) is 17.4 Å². The third-order valence-electron chi connectivity index (χ3n) is 7.55. The van der Waals surface area contributed by atoms with Gasteiger partial charge in [-0.25, -0.2) is 4.79 Å². The lowest BCUT2D eigenvalue weighted by molar-refractivity contribution is 0.0105. The van der Waals surface area contributed by atoms with Crippen molar-refractivity contribution in [3.63, 3.8) is 0 Å². The van der Waals surface area contributed by atoms with Crippen LogP contribution >= 0.6 is 0 Å². The number of carbonyl (C=O) groups excluding carboxylic acids is 1. The molecule has 4 rings (SSSR count). The van der Waals surface area contributed by atoms with Crippen LogP contribution in [0, 0.1) is 0 Å². The monoisotopic (exact) mass is 607 g/mol. The van der Waals surface area contributed by atoms with Crippen molar-refractivity contribution in [3.05, 3.63) is 89.0 Å². The first-order valence-electron chi connectivity index (χ1n) is 15.2. The SMILES string of the molecule is COCCCOc1cc(COC2CNCCC2c2ccc(OCCCOCc3ccccc3OC)cc2)ccc1C(=O)OC. The number of esters is 1. The van der Waals surface area contributed by atoms with Crippen LogP contribution < -0.4 is 19.5 Å². The van der Waals surface area contributed by atoms with Gasteiger partial charge in [0.15, 0.2) is 0 Å². The second-order valence-electron chi connectivity index (χ2n) is 10.6. The Hall–Kier alpha value is -3.63. The molecule has 0 saturated carbocycles. The van der Waals surface area contributed by atoms with Crippen LogP contribution in [0.3, 0.4) is 0 Å². The maximum atomic E-state index is 12.2. The van der Waals surface area contributed by atoms with Gasteiger partial charge in [-0.15, -0.1) is 0 Å². The van der Waals surface area contributed by atoms with E-state index >= 15 is 0 Å². The molecule has 238 valence electrons. The minimum Gasteiger partial charge on any atom is -0.496 e. The molecule has 0 radical (unpaired) electrons. The van der Waals surface area contributed by atoms with Gasteiger partial charge >= 0.3 is 5.97 Å². The smallest absolute Gasteiger partial charge is 0.341 e. The van der Waals surface area contributed by atoms with Gasteiger partial charge in [0.1, 0.15) is 22.8 Å². The highest BCUT2D eigenvalue weighted by molar-refractivity contribution is 5.92. The van der Waals surface area contributed by atoms with E-state index in [0.29, 0.717) is 51.0 Å². The van der Waals surface area contributed by atoms with E-state index in [1.54, 1.807) is 20.3 Å². The van der Waals surface area contributed by atoms with Crippen LogP contribution in [0.15, 0.2) is 66.7 Å². The van der Waals surface area contributed by atoms with Gasteiger partial charge in [0.05, 0.1) is 53.4 Å². The molecule has 2 atom stereocenters. The Morgan fingerprint density at radius 3 is 2.43 bits per heavy atom. The van der Waals surface area contributed by atoms with Crippen molar-refractivity contribution in [1.29, 1.82) is 0 Å². The third kappa shape index (κ3) is 9.95. The summed E-state index contributed by atoms with van der Waals surface area (Å²) in [6, 6.07) is 21.7. The highest BCUT2D eigenvalue weighted by Crippen LogP contribution is 2.30. The quantitative estimate of drug-likeness (QED) is 0.148. The number of piperidine rings is 1. The molecule has 0 aliphatic carbocycles. The van der Waals surface area contributed by atoms with Crippen molar-refractivity contribution in [3.8, 4) is 17.2 Å². The van der Waals surface area contributed by atoms with E-state index in [0.717, 1.165) is 55.0 Å². The molecule has 1 fully saturated rings. The van der Waals surface area contributed by atoms with Gasteiger partial charge in [-0.3, -0.25) is 0 Å². The number of ether oxygens (including phenoxy) is 7. The number of benzene rings is 3. The van der Waals surface area contributed by atoms with Crippen LogP contribution in [0.4, 0.5) is 0 Å². The predicted molar refractivity (Wildman–Crippen MR) is 168 cm³/mol. The first kappa shape index (κ1) is 33.3. The summed E-state index contributed by atoms with van der Waals surface area (Å²) in [5.41, 5.74) is 3.59. The Bertz CT molecular complexity index is 1280. The Morgan fingerprint density at radius 2 is 1.64 bits per heavy atom. The number of hydrogen-bond donors (Lipinski definition) is 1. The summed E-state index contributed by atoms with van der Waals surface area (Å²) in [5.74, 6) is 2.00. The van der Waals surface area contributed by atoms with Crippen molar-refractivity contribution in [2.75, 3.05) is 60.8 Å². The molecule has 44 heavy (non-hydrogen) atoms. The number of methoxy groups -OCH3 is 3. The molecule has 0 spiro atoms. The Morgan fingerprint density at radius 1 is 0.841 bits per heavy atom. The van der Waals surface area contributed by atoms with Gasteiger partial charge in [0, 0.05) is 44.6 Å². The zero-order valence-corrected chi connectivity index (χ0v) is 26.0. The van der Waals surface area contributed by atoms with E-state index in [1.165, 1.54) is 12.7 Å². The summed E-state index contributed by atoms with van der Waals surface area (Å²) >= 11 is 0. The fourth-order valence-electron chi connectivity index (χ4n) is 5.20. The second kappa shape index (κ2) is 18.2. The topological polar surface area (TPSA) is 93.7 Å². The van der Waals surface area contributed by atoms with E-state index in [4.69, 9.17) is 33.2 Å². The number of para-hydroxylation sites is 1. The molecule has 0 bridgehead atoms. The molecular weight excluding hydrogens is 562 g/mol. The summed E-state index contributed by atoms with van der Waals surface area (Å²) < 4.78 is 39.5. The molecule has 1 saturated heterocycles. The molecule has 1 aliphatic heterocycles. The van der Waals surface area contributed by atoms with Gasteiger partial charge in [-0.2, -0.15) is 0 Å². The lowest BCUT2D eigenvalue weighted by Crippen LogP contribution is -2.40. The number of hydrogen-bond acceptors (Lipinski definition) is 9. The van der Waals surface area contributed by atoms with Crippen LogP contribution in [-0.4, -0.2) is 72.9 Å². The molecule has 2 unspecified atom stereocenters. The summed E-state index contributed by atoms with van der Waals surface area (Å²) in [6.07, 6.45) is 2.49. The summed E-state index contributed by atoms with van der Waals surface area (Å²) in [5, 5.41) is 3.46. The summed E-state index contributed by atoms with van der Waals surface area (Å²) in [7, 11) is 4.69. The van der Waals surface area contributed by atoms with Gasteiger partial charge in [-0.05, 0) is 54.4 Å². The molecule has 3 aromatic rings. The molecule has 9 nitrogen and oxygen atoms in total. The highest BCUT2D eigenvalue weighted by Gasteiger charge is 2.27. The molecule has 3 aromatic carbocycles. The first-order valence-corrected chi connectivity index (χ1v) is 15.2. The van der Waals surface area contributed by atoms with Crippen molar-refractivity contribution >= 4 is 5.97 Å². The fraction of sp³-hybridized carbons (Fsp3) is 0.457. The summed E-state index contributed by atoms with van der Waals surface area (Å²) in [6.45, 7) is 4.83. The van der Waals surface area contributed by atoms with E-state index in [1.807, 2.05) is 48.5 Å². The highest BCUT2D eigenvalue weighted by atomic mass is 16.5. The number of carbonyl (C=O) groups is 1. The van der Waals surface area contributed by atoms with Gasteiger partial charge < -0.3 is 38.5 Å². The van der Waals surface area contributed by atoms with Gasteiger partial charge in [-0.1, -0.05) is 36.4 Å². The fourth-order valence-corrected chi connectivity index (χ4v) is 5.20. The lowest BCUT2D eigenvalue weighted by atomic mass is 9.87. The zero-order valence-electron chi connectivity index (χ0n) is 26.0. The maximum Gasteiger partial charge on any atom is 0.341 e. The van der Waals surface area contributed by atoms with Crippen molar-refractivity contribution < 1.29 is 38.0 Å². The molecule has 0 amide bonds. The lowest BCUT2D eigenvalue weighted by Gasteiger charge is -2.32. The maximum absolute atomic E-state index is 12.2. The molecular formula is C35H45NO8. The average molecular weight is 608 g/mol. The van der Waals surface area contributed by atoms with Crippen LogP contribution in [0.25, 0.3) is 0 Å². The van der Waals surface area contributed by atoms with Crippen molar-refractivity contribution in [2.45, 2.75) is 44.5 Å². The van der Waals surface area contributed by atoms with Crippen LogP contribution in [-0.2, 0) is 32.2 Å². The third-order valence-corrected chi connectivity index (χ3v) is 7.55. The Kier molecular flexibility index (Phi) is 13.8. The van der Waals surface area contributed by atoms with Crippen LogP contribution in [0.1, 0.15) is 52.2 Å². The minimum absolute atomic E-state index is 0.00209. The largest absolute Gasteiger partial charge is 0.496 e. The van der Waals surface area contributed by atoms with Gasteiger partial charge in [0.2, 0.25) is 0 Å². The zero-order chi connectivity index (χ0) is 31.0. The molecule has 1 heterocycles.